The molecule has 0 fully saturated rings. The zero-order valence-electron chi connectivity index (χ0n) is 15.1. The van der Waals surface area contributed by atoms with E-state index in [0.717, 1.165) is 11.1 Å². The molecule has 138 valence electrons. The van der Waals surface area contributed by atoms with E-state index in [0.29, 0.717) is 18.8 Å². The van der Waals surface area contributed by atoms with E-state index in [4.69, 9.17) is 0 Å². The SMILES string of the molecule is CCN(CC)S(=O)(=O)c1ccc(C=CC(=O)Nc2cnccc2C)cc1. The maximum atomic E-state index is 12.4. The monoisotopic (exact) mass is 373 g/mol. The number of nitrogens with zero attached hydrogens (tertiary/aromatic N) is 2. The van der Waals surface area contributed by atoms with Gasteiger partial charge in [-0.2, -0.15) is 4.31 Å². The summed E-state index contributed by atoms with van der Waals surface area (Å²) in [6.07, 6.45) is 6.29. The maximum Gasteiger partial charge on any atom is 0.248 e. The molecule has 0 unspecified atom stereocenters. The van der Waals surface area contributed by atoms with Crippen LogP contribution in [0.3, 0.4) is 0 Å². The zero-order chi connectivity index (χ0) is 19.2. The van der Waals surface area contributed by atoms with Gasteiger partial charge in [0.25, 0.3) is 0 Å². The number of nitrogens with one attached hydrogen (secondary N) is 1. The molecule has 0 aliphatic heterocycles. The number of anilines is 1. The van der Waals surface area contributed by atoms with Crippen molar-refractivity contribution in [1.82, 2.24) is 9.29 Å². The Bertz CT molecular complexity index is 887. The van der Waals surface area contributed by atoms with Crippen LogP contribution in [-0.2, 0) is 14.8 Å². The quantitative estimate of drug-likeness (QED) is 0.757. The Balaban J connectivity index is 2.08. The minimum Gasteiger partial charge on any atom is -0.321 e. The van der Waals surface area contributed by atoms with Crippen LogP contribution in [0.4, 0.5) is 5.69 Å². The number of hydrogen-bond donors (Lipinski definition) is 1. The largest absolute Gasteiger partial charge is 0.321 e. The summed E-state index contributed by atoms with van der Waals surface area (Å²) in [7, 11) is -3.47. The van der Waals surface area contributed by atoms with Gasteiger partial charge in [-0.1, -0.05) is 26.0 Å². The second-order valence-corrected chi connectivity index (χ2v) is 7.61. The van der Waals surface area contributed by atoms with Gasteiger partial charge < -0.3 is 5.32 Å². The molecule has 1 aromatic carbocycles. The van der Waals surface area contributed by atoms with Crippen molar-refractivity contribution < 1.29 is 13.2 Å². The Morgan fingerprint density at radius 2 is 1.81 bits per heavy atom. The Morgan fingerprint density at radius 3 is 2.38 bits per heavy atom. The van der Waals surface area contributed by atoms with Gasteiger partial charge in [0.15, 0.2) is 0 Å². The number of aryl methyl sites for hydroxylation is 1. The minimum absolute atomic E-state index is 0.244. The Kier molecular flexibility index (Phi) is 6.65. The summed E-state index contributed by atoms with van der Waals surface area (Å²) in [5.41, 5.74) is 2.32. The van der Waals surface area contributed by atoms with Gasteiger partial charge >= 0.3 is 0 Å². The van der Waals surface area contributed by atoms with Crippen molar-refractivity contribution in [2.45, 2.75) is 25.7 Å². The average Bonchev–Trinajstić information content (AvgIpc) is 2.63. The van der Waals surface area contributed by atoms with E-state index in [-0.39, 0.29) is 10.8 Å². The molecule has 0 aliphatic rings. The number of pyridine rings is 1. The third-order valence-corrected chi connectivity index (χ3v) is 6.01. The average molecular weight is 373 g/mol. The molecule has 1 heterocycles. The molecule has 0 radical (unpaired) electrons. The molecule has 0 atom stereocenters. The summed E-state index contributed by atoms with van der Waals surface area (Å²) in [4.78, 5) is 16.2. The normalized spacial score (nSPS) is 11.8. The van der Waals surface area contributed by atoms with Crippen LogP contribution in [0.25, 0.3) is 6.08 Å². The van der Waals surface area contributed by atoms with Crippen molar-refractivity contribution in [3.05, 3.63) is 59.9 Å². The summed E-state index contributed by atoms with van der Waals surface area (Å²) >= 11 is 0. The zero-order valence-corrected chi connectivity index (χ0v) is 16.0. The van der Waals surface area contributed by atoms with E-state index in [1.807, 2.05) is 13.0 Å². The highest BCUT2D eigenvalue weighted by molar-refractivity contribution is 7.89. The smallest absolute Gasteiger partial charge is 0.248 e. The van der Waals surface area contributed by atoms with Gasteiger partial charge in [0.05, 0.1) is 16.8 Å². The first-order valence-corrected chi connectivity index (χ1v) is 9.82. The van der Waals surface area contributed by atoms with Crippen LogP contribution < -0.4 is 5.32 Å². The lowest BCUT2D eigenvalue weighted by Gasteiger charge is -2.18. The first kappa shape index (κ1) is 19.8. The van der Waals surface area contributed by atoms with Gasteiger partial charge in [-0.3, -0.25) is 9.78 Å². The maximum absolute atomic E-state index is 12.4. The molecule has 0 saturated heterocycles. The van der Waals surface area contributed by atoms with Crippen LogP contribution in [0.1, 0.15) is 25.0 Å². The number of carbonyl (C=O) groups excluding carboxylic acids is 1. The molecular formula is C19H23N3O3S. The highest BCUT2D eigenvalue weighted by Crippen LogP contribution is 2.17. The van der Waals surface area contributed by atoms with Crippen LogP contribution in [0.2, 0.25) is 0 Å². The Morgan fingerprint density at radius 1 is 1.15 bits per heavy atom. The molecule has 6 nitrogen and oxygen atoms in total. The highest BCUT2D eigenvalue weighted by Gasteiger charge is 2.20. The molecule has 7 heteroatoms. The van der Waals surface area contributed by atoms with Crippen molar-refractivity contribution >= 4 is 27.7 Å². The molecule has 1 N–H and O–H groups in total. The summed E-state index contributed by atoms with van der Waals surface area (Å²) in [6.45, 7) is 6.35. The second-order valence-electron chi connectivity index (χ2n) is 5.67. The highest BCUT2D eigenvalue weighted by atomic mass is 32.2. The fourth-order valence-corrected chi connectivity index (χ4v) is 3.86. The number of carbonyl (C=O) groups is 1. The number of amides is 1. The number of sulfonamides is 1. The predicted molar refractivity (Wildman–Crippen MR) is 103 cm³/mol. The summed E-state index contributed by atoms with van der Waals surface area (Å²) < 4.78 is 26.3. The minimum atomic E-state index is -3.47. The molecule has 2 rings (SSSR count). The molecule has 0 bridgehead atoms. The lowest BCUT2D eigenvalue weighted by atomic mass is 10.2. The van der Waals surface area contributed by atoms with Gasteiger partial charge in [-0.05, 0) is 42.3 Å². The fraction of sp³-hybridized carbons (Fsp3) is 0.263. The lowest BCUT2D eigenvalue weighted by Crippen LogP contribution is -2.30. The summed E-state index contributed by atoms with van der Waals surface area (Å²) in [5.74, 6) is -0.277. The standard InChI is InChI=1S/C19H23N3O3S/c1-4-22(5-2)26(24,25)17-9-6-16(7-10-17)8-11-19(23)21-18-14-20-13-12-15(18)3/h6-14H,4-5H2,1-3H3,(H,21,23). The van der Waals surface area contributed by atoms with Crippen LogP contribution in [0.5, 0.6) is 0 Å². The van der Waals surface area contributed by atoms with Crippen molar-refractivity contribution in [3.63, 3.8) is 0 Å². The molecule has 0 aliphatic carbocycles. The number of rotatable bonds is 7. The Hall–Kier alpha value is -2.51. The van der Waals surface area contributed by atoms with Gasteiger partial charge in [0.2, 0.25) is 15.9 Å². The van der Waals surface area contributed by atoms with Crippen LogP contribution in [0, 0.1) is 6.92 Å². The predicted octanol–water partition coefficient (Wildman–Crippen LogP) is 3.07. The van der Waals surface area contributed by atoms with Gasteiger partial charge in [-0.15, -0.1) is 0 Å². The third kappa shape index (κ3) is 4.77. The molecule has 0 spiro atoms. The van der Waals surface area contributed by atoms with E-state index >= 15 is 0 Å². The van der Waals surface area contributed by atoms with Crippen molar-refractivity contribution in [2.75, 3.05) is 18.4 Å². The van der Waals surface area contributed by atoms with Gasteiger partial charge in [-0.25, -0.2) is 8.42 Å². The van der Waals surface area contributed by atoms with Gasteiger partial charge in [0.1, 0.15) is 0 Å². The number of aromatic nitrogens is 1. The van der Waals surface area contributed by atoms with Crippen LogP contribution in [-0.4, -0.2) is 36.7 Å². The first-order chi connectivity index (χ1) is 12.4. The lowest BCUT2D eigenvalue weighted by molar-refractivity contribution is -0.111. The number of benzene rings is 1. The Labute approximate surface area is 154 Å². The molecule has 1 amide bonds. The molecule has 1 aromatic heterocycles. The first-order valence-electron chi connectivity index (χ1n) is 8.38. The van der Waals surface area contributed by atoms with Crippen molar-refractivity contribution in [1.29, 1.82) is 0 Å². The van der Waals surface area contributed by atoms with Crippen molar-refractivity contribution in [2.24, 2.45) is 0 Å². The second kappa shape index (κ2) is 8.73. The van der Waals surface area contributed by atoms with E-state index in [2.05, 4.69) is 10.3 Å². The third-order valence-electron chi connectivity index (χ3n) is 3.95. The van der Waals surface area contributed by atoms with E-state index in [1.54, 1.807) is 56.6 Å². The van der Waals surface area contributed by atoms with Gasteiger partial charge in [0, 0.05) is 25.4 Å². The molecule has 0 saturated carbocycles. The van der Waals surface area contributed by atoms with E-state index in [1.165, 1.54) is 10.4 Å². The van der Waals surface area contributed by atoms with Crippen LogP contribution >= 0.6 is 0 Å². The number of hydrogen-bond acceptors (Lipinski definition) is 4. The van der Waals surface area contributed by atoms with Crippen molar-refractivity contribution in [3.8, 4) is 0 Å². The summed E-state index contributed by atoms with van der Waals surface area (Å²) in [5, 5.41) is 2.76. The summed E-state index contributed by atoms with van der Waals surface area (Å²) in [6, 6.07) is 8.27. The van der Waals surface area contributed by atoms with E-state index in [9.17, 15) is 13.2 Å². The van der Waals surface area contributed by atoms with E-state index < -0.39 is 10.0 Å². The molecule has 2 aromatic rings. The van der Waals surface area contributed by atoms with Crippen LogP contribution in [0.15, 0.2) is 53.7 Å². The topological polar surface area (TPSA) is 79.4 Å². The fourth-order valence-electron chi connectivity index (χ4n) is 2.40. The molecule has 26 heavy (non-hydrogen) atoms. The molecular weight excluding hydrogens is 350 g/mol.